The number of nitrogens with zero attached hydrogens (tertiary/aromatic N) is 3. The summed E-state index contributed by atoms with van der Waals surface area (Å²) in [5.41, 5.74) is 0.522. The Labute approximate surface area is 118 Å². The number of halogens is 2. The van der Waals surface area contributed by atoms with E-state index < -0.39 is 4.92 Å². The van der Waals surface area contributed by atoms with Crippen LogP contribution in [0.5, 0.6) is 0 Å². The van der Waals surface area contributed by atoms with Crippen molar-refractivity contribution in [3.8, 4) is 0 Å². The van der Waals surface area contributed by atoms with Crippen LogP contribution in [0.15, 0.2) is 30.5 Å². The molecule has 8 heteroatoms. The lowest BCUT2D eigenvalue weighted by atomic mass is 10.1. The van der Waals surface area contributed by atoms with Gasteiger partial charge in [-0.05, 0) is 35.7 Å². The van der Waals surface area contributed by atoms with Gasteiger partial charge in [0, 0.05) is 6.54 Å². The van der Waals surface area contributed by atoms with Crippen LogP contribution < -0.4 is 5.32 Å². The van der Waals surface area contributed by atoms with E-state index in [2.05, 4.69) is 15.3 Å². The highest BCUT2D eigenvalue weighted by Crippen LogP contribution is 2.21. The molecule has 2 aromatic rings. The Hall–Kier alpha value is -2.28. The van der Waals surface area contributed by atoms with E-state index in [0.717, 1.165) is 11.8 Å². The van der Waals surface area contributed by atoms with Crippen molar-refractivity contribution < 1.29 is 9.31 Å². The molecule has 2 rings (SSSR count). The molecule has 104 valence electrons. The SMILES string of the molecule is O=[N+]([O-])c1cnc(Cl)nc1NCCc1cccc(F)c1. The van der Waals surface area contributed by atoms with Crippen LogP contribution in [0.4, 0.5) is 15.9 Å². The minimum absolute atomic E-state index is 0.0476. The molecule has 0 radical (unpaired) electrons. The molecule has 0 bridgehead atoms. The van der Waals surface area contributed by atoms with Crippen LogP contribution in [0.3, 0.4) is 0 Å². The summed E-state index contributed by atoms with van der Waals surface area (Å²) in [7, 11) is 0. The van der Waals surface area contributed by atoms with Gasteiger partial charge in [0.05, 0.1) is 4.92 Å². The molecular formula is C12H10ClFN4O2. The first-order valence-electron chi connectivity index (χ1n) is 5.71. The number of hydrogen-bond acceptors (Lipinski definition) is 5. The van der Waals surface area contributed by atoms with Crippen molar-refractivity contribution in [2.75, 3.05) is 11.9 Å². The van der Waals surface area contributed by atoms with Crippen LogP contribution in [0.1, 0.15) is 5.56 Å². The van der Waals surface area contributed by atoms with Gasteiger partial charge in [0.1, 0.15) is 12.0 Å². The third kappa shape index (κ3) is 3.61. The Kier molecular flexibility index (Phi) is 4.41. The Morgan fingerprint density at radius 2 is 2.25 bits per heavy atom. The first kappa shape index (κ1) is 14.1. The summed E-state index contributed by atoms with van der Waals surface area (Å²) in [5, 5.41) is 13.5. The Morgan fingerprint density at radius 1 is 1.45 bits per heavy atom. The quantitative estimate of drug-likeness (QED) is 0.521. The van der Waals surface area contributed by atoms with Crippen LogP contribution in [-0.2, 0) is 6.42 Å². The van der Waals surface area contributed by atoms with Crippen molar-refractivity contribution in [3.05, 3.63) is 57.2 Å². The highest BCUT2D eigenvalue weighted by molar-refractivity contribution is 6.28. The summed E-state index contributed by atoms with van der Waals surface area (Å²) >= 11 is 5.60. The average molecular weight is 297 g/mol. The summed E-state index contributed by atoms with van der Waals surface area (Å²) in [6, 6.07) is 6.13. The first-order valence-corrected chi connectivity index (χ1v) is 6.09. The maximum absolute atomic E-state index is 13.0. The van der Waals surface area contributed by atoms with E-state index in [1.807, 2.05) is 0 Å². The van der Waals surface area contributed by atoms with Gasteiger partial charge < -0.3 is 5.32 Å². The van der Waals surface area contributed by atoms with E-state index in [1.54, 1.807) is 12.1 Å². The average Bonchev–Trinajstić information content (AvgIpc) is 2.38. The molecule has 1 aromatic heterocycles. The predicted molar refractivity (Wildman–Crippen MR) is 72.3 cm³/mol. The summed E-state index contributed by atoms with van der Waals surface area (Å²) in [6.45, 7) is 0.359. The molecule has 0 aliphatic heterocycles. The van der Waals surface area contributed by atoms with Crippen LogP contribution in [0, 0.1) is 15.9 Å². The fourth-order valence-corrected chi connectivity index (χ4v) is 1.77. The van der Waals surface area contributed by atoms with Crippen LogP contribution in [0.25, 0.3) is 0 Å². The summed E-state index contributed by atoms with van der Waals surface area (Å²) < 4.78 is 13.0. The van der Waals surface area contributed by atoms with E-state index in [0.29, 0.717) is 13.0 Å². The van der Waals surface area contributed by atoms with Gasteiger partial charge in [-0.15, -0.1) is 0 Å². The molecule has 0 fully saturated rings. The van der Waals surface area contributed by atoms with E-state index in [-0.39, 0.29) is 22.6 Å². The molecule has 0 atom stereocenters. The second kappa shape index (κ2) is 6.25. The number of rotatable bonds is 5. The topological polar surface area (TPSA) is 81.0 Å². The maximum Gasteiger partial charge on any atom is 0.329 e. The van der Waals surface area contributed by atoms with Crippen molar-refractivity contribution in [2.24, 2.45) is 0 Å². The molecule has 1 aromatic carbocycles. The molecule has 0 amide bonds. The largest absolute Gasteiger partial charge is 0.364 e. The molecule has 0 spiro atoms. The summed E-state index contributed by atoms with van der Waals surface area (Å²) in [4.78, 5) is 17.5. The van der Waals surface area contributed by atoms with Crippen molar-refractivity contribution in [3.63, 3.8) is 0 Å². The number of aromatic nitrogens is 2. The van der Waals surface area contributed by atoms with Gasteiger partial charge in [-0.3, -0.25) is 10.1 Å². The second-order valence-corrected chi connectivity index (χ2v) is 4.27. The zero-order chi connectivity index (χ0) is 14.5. The molecule has 0 aliphatic rings. The lowest BCUT2D eigenvalue weighted by Crippen LogP contribution is -2.09. The lowest BCUT2D eigenvalue weighted by molar-refractivity contribution is -0.384. The molecule has 6 nitrogen and oxygen atoms in total. The van der Waals surface area contributed by atoms with Crippen LogP contribution in [-0.4, -0.2) is 21.4 Å². The van der Waals surface area contributed by atoms with Crippen molar-refractivity contribution in [2.45, 2.75) is 6.42 Å². The molecule has 1 heterocycles. The number of nitrogens with one attached hydrogen (secondary N) is 1. The predicted octanol–water partition coefficient (Wildman–Crippen LogP) is 2.83. The maximum atomic E-state index is 13.0. The van der Waals surface area contributed by atoms with Gasteiger partial charge in [-0.2, -0.15) is 4.98 Å². The van der Waals surface area contributed by atoms with E-state index in [9.17, 15) is 14.5 Å². The second-order valence-electron chi connectivity index (χ2n) is 3.94. The smallest absolute Gasteiger partial charge is 0.329 e. The lowest BCUT2D eigenvalue weighted by Gasteiger charge is -2.06. The van der Waals surface area contributed by atoms with E-state index >= 15 is 0 Å². The Bertz CT molecular complexity index is 639. The van der Waals surface area contributed by atoms with Gasteiger partial charge in [0.2, 0.25) is 11.1 Å². The molecule has 1 N–H and O–H groups in total. The number of anilines is 1. The third-order valence-corrected chi connectivity index (χ3v) is 2.71. The number of benzene rings is 1. The fraction of sp³-hybridized carbons (Fsp3) is 0.167. The van der Waals surface area contributed by atoms with E-state index in [4.69, 9.17) is 11.6 Å². The fourth-order valence-electron chi connectivity index (χ4n) is 1.64. The number of nitro groups is 1. The normalized spacial score (nSPS) is 10.3. The molecule has 20 heavy (non-hydrogen) atoms. The monoisotopic (exact) mass is 296 g/mol. The molecular weight excluding hydrogens is 287 g/mol. The number of hydrogen-bond donors (Lipinski definition) is 1. The minimum Gasteiger partial charge on any atom is -0.364 e. The van der Waals surface area contributed by atoms with Gasteiger partial charge in [0.25, 0.3) is 0 Å². The van der Waals surface area contributed by atoms with Gasteiger partial charge in [-0.1, -0.05) is 12.1 Å². The zero-order valence-corrected chi connectivity index (χ0v) is 11.0. The summed E-state index contributed by atoms with van der Waals surface area (Å²) in [5.74, 6) is -0.273. The van der Waals surface area contributed by atoms with Crippen LogP contribution >= 0.6 is 11.6 Å². The zero-order valence-electron chi connectivity index (χ0n) is 10.2. The Balaban J connectivity index is 2.04. The van der Waals surface area contributed by atoms with E-state index in [1.165, 1.54) is 12.1 Å². The standard InChI is InChI=1S/C12H10ClFN4O2/c13-12-16-7-10(18(19)20)11(17-12)15-5-4-8-2-1-3-9(14)6-8/h1-3,6-7H,4-5H2,(H,15,16,17). The minimum atomic E-state index is -0.596. The molecule has 0 aliphatic carbocycles. The van der Waals surface area contributed by atoms with Crippen molar-refractivity contribution in [1.82, 2.24) is 9.97 Å². The van der Waals surface area contributed by atoms with Gasteiger partial charge >= 0.3 is 5.69 Å². The van der Waals surface area contributed by atoms with Gasteiger partial charge in [0.15, 0.2) is 0 Å². The van der Waals surface area contributed by atoms with Crippen molar-refractivity contribution >= 4 is 23.1 Å². The van der Waals surface area contributed by atoms with Crippen molar-refractivity contribution in [1.29, 1.82) is 0 Å². The van der Waals surface area contributed by atoms with Crippen LogP contribution in [0.2, 0.25) is 5.28 Å². The molecule has 0 unspecified atom stereocenters. The van der Waals surface area contributed by atoms with Gasteiger partial charge in [-0.25, -0.2) is 9.37 Å². The summed E-state index contributed by atoms with van der Waals surface area (Å²) in [6.07, 6.45) is 1.54. The molecule has 0 saturated heterocycles. The third-order valence-electron chi connectivity index (χ3n) is 2.53. The molecule has 0 saturated carbocycles. The first-order chi connectivity index (χ1) is 9.56. The highest BCUT2D eigenvalue weighted by atomic mass is 35.5. The highest BCUT2D eigenvalue weighted by Gasteiger charge is 2.16. The Morgan fingerprint density at radius 3 is 2.95 bits per heavy atom.